The summed E-state index contributed by atoms with van der Waals surface area (Å²) in [6.45, 7) is 7.88. The van der Waals surface area contributed by atoms with Crippen LogP contribution >= 0.6 is 11.3 Å². The molecular formula is C17H28N2OS. The van der Waals surface area contributed by atoms with E-state index in [0.717, 1.165) is 32.2 Å². The fourth-order valence-electron chi connectivity index (χ4n) is 3.47. The van der Waals surface area contributed by atoms with E-state index in [4.69, 9.17) is 4.74 Å². The molecule has 3 rings (SSSR count). The highest BCUT2D eigenvalue weighted by Gasteiger charge is 2.18. The van der Waals surface area contributed by atoms with Crippen LogP contribution in [0.1, 0.15) is 36.1 Å². The molecule has 2 aliphatic rings. The van der Waals surface area contributed by atoms with Crippen molar-refractivity contribution in [1.82, 2.24) is 9.80 Å². The van der Waals surface area contributed by atoms with Crippen molar-refractivity contribution >= 4 is 11.3 Å². The van der Waals surface area contributed by atoms with Crippen LogP contribution in [0.4, 0.5) is 0 Å². The normalized spacial score (nSPS) is 24.0. The number of likely N-dealkylation sites (tertiary alicyclic amines) is 1. The van der Waals surface area contributed by atoms with E-state index < -0.39 is 0 Å². The van der Waals surface area contributed by atoms with E-state index in [2.05, 4.69) is 28.3 Å². The molecule has 4 heteroatoms. The molecule has 0 bridgehead atoms. The first-order valence-corrected chi connectivity index (χ1v) is 9.22. The Labute approximate surface area is 132 Å². The zero-order valence-corrected chi connectivity index (χ0v) is 14.0. The Hall–Kier alpha value is -0.420. The average molecular weight is 308 g/mol. The lowest BCUT2D eigenvalue weighted by Gasteiger charge is -2.25. The number of ether oxygens (including phenoxy) is 1. The summed E-state index contributed by atoms with van der Waals surface area (Å²) in [5.41, 5.74) is 1.51. The second-order valence-corrected chi connectivity index (χ2v) is 7.68. The van der Waals surface area contributed by atoms with Gasteiger partial charge >= 0.3 is 0 Å². The minimum absolute atomic E-state index is 0.739. The van der Waals surface area contributed by atoms with Gasteiger partial charge in [0.2, 0.25) is 0 Å². The maximum absolute atomic E-state index is 5.47. The number of piperidine rings is 1. The van der Waals surface area contributed by atoms with E-state index in [0.29, 0.717) is 0 Å². The van der Waals surface area contributed by atoms with Crippen molar-refractivity contribution in [2.45, 2.75) is 38.8 Å². The van der Waals surface area contributed by atoms with Gasteiger partial charge in [-0.2, -0.15) is 0 Å². The van der Waals surface area contributed by atoms with Crippen molar-refractivity contribution in [1.29, 1.82) is 0 Å². The quantitative estimate of drug-likeness (QED) is 0.802. The Kier molecular flexibility index (Phi) is 5.69. The largest absolute Gasteiger partial charge is 0.381 e. The van der Waals surface area contributed by atoms with Crippen LogP contribution in [0, 0.1) is 5.92 Å². The summed E-state index contributed by atoms with van der Waals surface area (Å²) in [5.74, 6) is 0.739. The zero-order chi connectivity index (χ0) is 14.5. The van der Waals surface area contributed by atoms with Gasteiger partial charge < -0.3 is 9.64 Å². The molecule has 21 heavy (non-hydrogen) atoms. The van der Waals surface area contributed by atoms with Gasteiger partial charge in [0.05, 0.1) is 6.61 Å². The topological polar surface area (TPSA) is 15.7 Å². The maximum Gasteiger partial charge on any atom is 0.0507 e. The van der Waals surface area contributed by atoms with Gasteiger partial charge in [0.1, 0.15) is 0 Å². The Bertz CT molecular complexity index is 422. The second kappa shape index (κ2) is 7.73. The molecule has 2 aliphatic heterocycles. The summed E-state index contributed by atoms with van der Waals surface area (Å²) in [4.78, 5) is 6.56. The number of nitrogens with zero attached hydrogens (tertiary/aromatic N) is 2. The monoisotopic (exact) mass is 308 g/mol. The first-order valence-electron chi connectivity index (χ1n) is 8.34. The van der Waals surface area contributed by atoms with E-state index in [9.17, 15) is 0 Å². The first-order chi connectivity index (χ1) is 10.3. The summed E-state index contributed by atoms with van der Waals surface area (Å²) in [7, 11) is 2.24. The molecule has 1 unspecified atom stereocenters. The Morgan fingerprint density at radius 1 is 1.33 bits per heavy atom. The molecule has 0 radical (unpaired) electrons. The van der Waals surface area contributed by atoms with Crippen LogP contribution in [0.25, 0.3) is 0 Å². The molecule has 0 aliphatic carbocycles. The van der Waals surface area contributed by atoms with Crippen LogP contribution in [-0.4, -0.2) is 49.7 Å². The van der Waals surface area contributed by atoms with Crippen molar-refractivity contribution < 1.29 is 4.74 Å². The standard InChI is InChI=1S/C17H28N2OS/c1-18(10-15-5-8-20-13-15)12-17-9-16(14-21-17)11-19-6-3-2-4-7-19/h9,14-15H,2-8,10-13H2,1H3. The number of hydrogen-bond donors (Lipinski definition) is 0. The third-order valence-corrected chi connectivity index (χ3v) is 5.55. The maximum atomic E-state index is 5.47. The van der Waals surface area contributed by atoms with Crippen molar-refractivity contribution in [2.24, 2.45) is 5.92 Å². The minimum Gasteiger partial charge on any atom is -0.381 e. The van der Waals surface area contributed by atoms with Crippen LogP contribution in [-0.2, 0) is 17.8 Å². The number of thiophene rings is 1. The molecule has 2 saturated heterocycles. The first kappa shape index (κ1) is 15.5. The molecule has 3 nitrogen and oxygen atoms in total. The predicted molar refractivity (Wildman–Crippen MR) is 88.7 cm³/mol. The molecule has 0 aromatic carbocycles. The van der Waals surface area contributed by atoms with E-state index in [-0.39, 0.29) is 0 Å². The van der Waals surface area contributed by atoms with Crippen LogP contribution in [0.5, 0.6) is 0 Å². The predicted octanol–water partition coefficient (Wildman–Crippen LogP) is 3.20. The van der Waals surface area contributed by atoms with Gasteiger partial charge in [-0.15, -0.1) is 11.3 Å². The Morgan fingerprint density at radius 2 is 2.19 bits per heavy atom. The van der Waals surface area contributed by atoms with Gasteiger partial charge in [-0.3, -0.25) is 4.90 Å². The molecule has 0 saturated carbocycles. The van der Waals surface area contributed by atoms with E-state index in [1.54, 1.807) is 0 Å². The minimum atomic E-state index is 0.739. The lowest BCUT2D eigenvalue weighted by atomic mass is 10.1. The molecule has 1 aromatic heterocycles. The van der Waals surface area contributed by atoms with E-state index in [1.165, 1.54) is 55.8 Å². The zero-order valence-electron chi connectivity index (χ0n) is 13.2. The van der Waals surface area contributed by atoms with Crippen molar-refractivity contribution in [3.8, 4) is 0 Å². The lowest BCUT2D eigenvalue weighted by Crippen LogP contribution is -2.28. The lowest BCUT2D eigenvalue weighted by molar-refractivity contribution is 0.173. The van der Waals surface area contributed by atoms with Gasteiger partial charge in [0.15, 0.2) is 0 Å². The highest BCUT2D eigenvalue weighted by molar-refractivity contribution is 7.10. The molecule has 2 fully saturated rings. The molecule has 3 heterocycles. The smallest absolute Gasteiger partial charge is 0.0507 e. The summed E-state index contributed by atoms with van der Waals surface area (Å²) in [5, 5.41) is 2.36. The second-order valence-electron chi connectivity index (χ2n) is 6.68. The van der Waals surface area contributed by atoms with Crippen molar-refractivity contribution in [3.05, 3.63) is 21.9 Å². The highest BCUT2D eigenvalue weighted by Crippen LogP contribution is 2.21. The van der Waals surface area contributed by atoms with Gasteiger partial charge in [-0.05, 0) is 62.3 Å². The Morgan fingerprint density at radius 3 is 2.95 bits per heavy atom. The molecule has 1 atom stereocenters. The van der Waals surface area contributed by atoms with Crippen molar-refractivity contribution in [3.63, 3.8) is 0 Å². The molecule has 0 N–H and O–H groups in total. The van der Waals surface area contributed by atoms with Crippen LogP contribution < -0.4 is 0 Å². The summed E-state index contributed by atoms with van der Waals surface area (Å²) < 4.78 is 5.47. The van der Waals surface area contributed by atoms with Gasteiger partial charge in [-0.1, -0.05) is 6.42 Å². The van der Waals surface area contributed by atoms with Gasteiger partial charge in [-0.25, -0.2) is 0 Å². The van der Waals surface area contributed by atoms with Gasteiger partial charge in [0.25, 0.3) is 0 Å². The van der Waals surface area contributed by atoms with Crippen LogP contribution in [0.3, 0.4) is 0 Å². The van der Waals surface area contributed by atoms with Gasteiger partial charge in [0, 0.05) is 31.1 Å². The fraction of sp³-hybridized carbons (Fsp3) is 0.765. The SMILES string of the molecule is CN(Cc1cc(CN2CCCCC2)cs1)CC1CCOC1. The van der Waals surface area contributed by atoms with E-state index in [1.807, 2.05) is 11.3 Å². The molecular weight excluding hydrogens is 280 g/mol. The third kappa shape index (κ3) is 4.78. The molecule has 0 spiro atoms. The molecule has 1 aromatic rings. The third-order valence-electron chi connectivity index (χ3n) is 4.58. The van der Waals surface area contributed by atoms with Crippen LogP contribution in [0.2, 0.25) is 0 Å². The number of hydrogen-bond acceptors (Lipinski definition) is 4. The van der Waals surface area contributed by atoms with Crippen LogP contribution in [0.15, 0.2) is 11.4 Å². The molecule has 118 valence electrons. The summed E-state index contributed by atoms with van der Waals surface area (Å²) in [6, 6.07) is 2.42. The van der Waals surface area contributed by atoms with Crippen molar-refractivity contribution in [2.75, 3.05) is 39.9 Å². The summed E-state index contributed by atoms with van der Waals surface area (Å²) in [6.07, 6.45) is 5.41. The average Bonchev–Trinajstić information content (AvgIpc) is 3.12. The fourth-order valence-corrected chi connectivity index (χ4v) is 4.43. The highest BCUT2D eigenvalue weighted by atomic mass is 32.1. The summed E-state index contributed by atoms with van der Waals surface area (Å²) >= 11 is 1.92. The van der Waals surface area contributed by atoms with E-state index >= 15 is 0 Å². The number of rotatable bonds is 6. The molecule has 0 amide bonds. The Balaban J connectivity index is 1.45.